The molecule has 0 aromatic carbocycles. The van der Waals surface area contributed by atoms with Crippen molar-refractivity contribution < 1.29 is 9.63 Å². The van der Waals surface area contributed by atoms with Crippen LogP contribution in [0.5, 0.6) is 0 Å². The predicted molar refractivity (Wildman–Crippen MR) is 65.5 cm³/mol. The van der Waals surface area contributed by atoms with Gasteiger partial charge in [0.25, 0.3) is 0 Å². The van der Waals surface area contributed by atoms with Gasteiger partial charge in [0, 0.05) is 16.2 Å². The summed E-state index contributed by atoms with van der Waals surface area (Å²) in [6.07, 6.45) is 0. The van der Waals surface area contributed by atoms with Crippen LogP contribution in [0.2, 0.25) is 0 Å². The molecule has 0 saturated carbocycles. The van der Waals surface area contributed by atoms with Crippen LogP contribution in [0.15, 0.2) is 21.3 Å². The third kappa shape index (κ3) is 2.84. The molecule has 6 heteroatoms. The topological polar surface area (TPSA) is 59.2 Å². The van der Waals surface area contributed by atoms with E-state index >= 15 is 0 Å². The minimum atomic E-state index is 0.163. The molecule has 0 amide bonds. The normalized spacial score (nSPS) is 12.9. The largest absolute Gasteiger partial charge is 0.395 e. The van der Waals surface area contributed by atoms with Gasteiger partial charge in [0.2, 0.25) is 11.7 Å². The summed E-state index contributed by atoms with van der Waals surface area (Å²) in [6, 6.07) is 1.96. The lowest BCUT2D eigenvalue weighted by atomic mass is 10.3. The van der Waals surface area contributed by atoms with Gasteiger partial charge in [-0.3, -0.25) is 0 Å². The lowest BCUT2D eigenvalue weighted by molar-refractivity contribution is 0.300. The second-order valence-corrected chi connectivity index (χ2v) is 5.53. The maximum atomic E-state index is 8.88. The van der Waals surface area contributed by atoms with Crippen molar-refractivity contribution in [3.63, 3.8) is 0 Å². The molecule has 4 nitrogen and oxygen atoms in total. The van der Waals surface area contributed by atoms with Crippen LogP contribution in [0.3, 0.4) is 0 Å². The Morgan fingerprint density at radius 2 is 2.50 bits per heavy atom. The SMILES string of the molecule is C[C@@H](CO)SCc1nc(-c2ccsc2)no1. The Balaban J connectivity index is 1.98. The Hall–Kier alpha value is -0.850. The number of nitrogens with zero attached hydrogens (tertiary/aromatic N) is 2. The van der Waals surface area contributed by atoms with E-state index in [9.17, 15) is 0 Å². The van der Waals surface area contributed by atoms with Crippen molar-refractivity contribution >= 4 is 23.1 Å². The second-order valence-electron chi connectivity index (χ2n) is 3.33. The number of hydrogen-bond acceptors (Lipinski definition) is 6. The maximum absolute atomic E-state index is 8.88. The first-order valence-electron chi connectivity index (χ1n) is 4.87. The van der Waals surface area contributed by atoms with Gasteiger partial charge in [-0.1, -0.05) is 12.1 Å². The quantitative estimate of drug-likeness (QED) is 0.890. The van der Waals surface area contributed by atoms with E-state index in [-0.39, 0.29) is 11.9 Å². The van der Waals surface area contributed by atoms with E-state index < -0.39 is 0 Å². The van der Waals surface area contributed by atoms with Crippen LogP contribution < -0.4 is 0 Å². The molecule has 0 fully saturated rings. The second kappa shape index (κ2) is 5.47. The van der Waals surface area contributed by atoms with Gasteiger partial charge in [0.1, 0.15) is 0 Å². The number of thiophene rings is 1. The molecule has 2 rings (SSSR count). The van der Waals surface area contributed by atoms with Crippen molar-refractivity contribution in [2.45, 2.75) is 17.9 Å². The molecule has 2 aromatic heterocycles. The number of thioether (sulfide) groups is 1. The summed E-state index contributed by atoms with van der Waals surface area (Å²) >= 11 is 3.20. The van der Waals surface area contributed by atoms with Crippen LogP contribution in [0.1, 0.15) is 12.8 Å². The summed E-state index contributed by atoms with van der Waals surface area (Å²) in [7, 11) is 0. The highest BCUT2D eigenvalue weighted by Crippen LogP contribution is 2.21. The number of aromatic nitrogens is 2. The fourth-order valence-electron chi connectivity index (χ4n) is 1.09. The van der Waals surface area contributed by atoms with Gasteiger partial charge in [-0.25, -0.2) is 0 Å². The number of rotatable bonds is 5. The summed E-state index contributed by atoms with van der Waals surface area (Å²) in [5, 5.41) is 16.9. The Bertz CT molecular complexity index is 428. The molecule has 2 heterocycles. The van der Waals surface area contributed by atoms with E-state index in [4.69, 9.17) is 9.63 Å². The van der Waals surface area contributed by atoms with Gasteiger partial charge in [-0.2, -0.15) is 16.3 Å². The van der Waals surface area contributed by atoms with Crippen LogP contribution >= 0.6 is 23.1 Å². The third-order valence-corrected chi connectivity index (χ3v) is 3.81. The van der Waals surface area contributed by atoms with E-state index in [2.05, 4.69) is 10.1 Å². The van der Waals surface area contributed by atoms with Gasteiger partial charge >= 0.3 is 0 Å². The van der Waals surface area contributed by atoms with Crippen LogP contribution in [-0.4, -0.2) is 27.1 Å². The molecule has 1 atom stereocenters. The summed E-state index contributed by atoms with van der Waals surface area (Å²) < 4.78 is 5.12. The zero-order valence-corrected chi connectivity index (χ0v) is 10.4. The zero-order valence-electron chi connectivity index (χ0n) is 8.79. The van der Waals surface area contributed by atoms with Crippen LogP contribution in [0.4, 0.5) is 0 Å². The van der Waals surface area contributed by atoms with Gasteiger partial charge in [-0.15, -0.1) is 11.8 Å². The van der Waals surface area contributed by atoms with E-state index in [1.54, 1.807) is 23.1 Å². The Morgan fingerprint density at radius 1 is 1.62 bits per heavy atom. The summed E-state index contributed by atoms with van der Waals surface area (Å²) in [6.45, 7) is 2.12. The van der Waals surface area contributed by atoms with Crippen molar-refractivity contribution in [3.05, 3.63) is 22.7 Å². The Morgan fingerprint density at radius 3 is 3.19 bits per heavy atom. The smallest absolute Gasteiger partial charge is 0.236 e. The fraction of sp³-hybridized carbons (Fsp3) is 0.400. The molecule has 0 spiro atoms. The monoisotopic (exact) mass is 256 g/mol. The van der Waals surface area contributed by atoms with Gasteiger partial charge < -0.3 is 9.63 Å². The van der Waals surface area contributed by atoms with Crippen LogP contribution in [0, 0.1) is 0 Å². The zero-order chi connectivity index (χ0) is 11.4. The number of aliphatic hydroxyl groups excluding tert-OH is 1. The Labute approximate surface area is 102 Å². The minimum Gasteiger partial charge on any atom is -0.395 e. The van der Waals surface area contributed by atoms with Crippen molar-refractivity contribution in [3.8, 4) is 11.4 Å². The van der Waals surface area contributed by atoms with Crippen molar-refractivity contribution in [1.29, 1.82) is 0 Å². The van der Waals surface area contributed by atoms with Gasteiger partial charge in [-0.05, 0) is 11.4 Å². The average Bonchev–Trinajstić information content (AvgIpc) is 2.95. The first-order valence-corrected chi connectivity index (χ1v) is 6.86. The molecule has 0 bridgehead atoms. The fourth-order valence-corrected chi connectivity index (χ4v) is 2.37. The molecule has 1 N–H and O–H groups in total. The lowest BCUT2D eigenvalue weighted by Gasteiger charge is -2.03. The molecule has 0 saturated heterocycles. The Kier molecular flexibility index (Phi) is 3.98. The minimum absolute atomic E-state index is 0.163. The van der Waals surface area contributed by atoms with E-state index in [1.165, 1.54) is 0 Å². The van der Waals surface area contributed by atoms with Gasteiger partial charge in [0.05, 0.1) is 12.4 Å². The lowest BCUT2D eigenvalue weighted by Crippen LogP contribution is -2.02. The predicted octanol–water partition coefficient (Wildman–Crippen LogP) is 2.41. The molecule has 0 aliphatic rings. The summed E-state index contributed by atoms with van der Waals surface area (Å²) in [5.41, 5.74) is 0.986. The summed E-state index contributed by atoms with van der Waals surface area (Å²) in [5.74, 6) is 1.87. The molecule has 2 aromatic rings. The molecule has 0 aliphatic heterocycles. The first kappa shape index (κ1) is 11.6. The molecule has 16 heavy (non-hydrogen) atoms. The highest BCUT2D eigenvalue weighted by Gasteiger charge is 2.10. The van der Waals surface area contributed by atoms with E-state index in [0.29, 0.717) is 17.5 Å². The average molecular weight is 256 g/mol. The molecular formula is C10H12N2O2S2. The van der Waals surface area contributed by atoms with Crippen molar-refractivity contribution in [2.24, 2.45) is 0 Å². The molecule has 0 radical (unpaired) electrons. The van der Waals surface area contributed by atoms with Crippen molar-refractivity contribution in [1.82, 2.24) is 10.1 Å². The molecule has 86 valence electrons. The summed E-state index contributed by atoms with van der Waals surface area (Å²) in [4.78, 5) is 4.29. The molecular weight excluding hydrogens is 244 g/mol. The van der Waals surface area contributed by atoms with E-state index in [0.717, 1.165) is 5.56 Å². The number of aliphatic hydroxyl groups is 1. The first-order chi connectivity index (χ1) is 7.79. The van der Waals surface area contributed by atoms with Crippen molar-refractivity contribution in [2.75, 3.05) is 6.61 Å². The maximum Gasteiger partial charge on any atom is 0.236 e. The highest BCUT2D eigenvalue weighted by atomic mass is 32.2. The van der Waals surface area contributed by atoms with Crippen LogP contribution in [-0.2, 0) is 5.75 Å². The number of hydrogen-bond donors (Lipinski definition) is 1. The highest BCUT2D eigenvalue weighted by molar-refractivity contribution is 7.99. The van der Waals surface area contributed by atoms with Gasteiger partial charge in [0.15, 0.2) is 0 Å². The molecule has 0 unspecified atom stereocenters. The van der Waals surface area contributed by atoms with E-state index in [1.807, 2.05) is 23.8 Å². The third-order valence-electron chi connectivity index (χ3n) is 2.00. The van der Waals surface area contributed by atoms with Crippen LogP contribution in [0.25, 0.3) is 11.4 Å². The molecule has 0 aliphatic carbocycles. The standard InChI is InChI=1S/C10H12N2O2S2/c1-7(4-13)16-6-9-11-10(12-14-9)8-2-3-15-5-8/h2-3,5,7,13H,4,6H2,1H3/t7-/m0/s1.